The van der Waals surface area contributed by atoms with Crippen LogP contribution in [-0.4, -0.2) is 32.3 Å². The molecular formula is C15H25N3O2. The summed E-state index contributed by atoms with van der Waals surface area (Å²) in [4.78, 5) is 0. The van der Waals surface area contributed by atoms with Crippen molar-refractivity contribution in [2.24, 2.45) is 0 Å². The van der Waals surface area contributed by atoms with Crippen molar-refractivity contribution < 1.29 is 9.84 Å². The lowest BCUT2D eigenvalue weighted by Crippen LogP contribution is -2.42. The zero-order chi connectivity index (χ0) is 14.0. The van der Waals surface area contributed by atoms with Gasteiger partial charge in [-0.25, -0.2) is 4.68 Å². The lowest BCUT2D eigenvalue weighted by molar-refractivity contribution is -0.115. The molecule has 5 heteroatoms. The Morgan fingerprint density at radius 1 is 1.45 bits per heavy atom. The third-order valence-electron chi connectivity index (χ3n) is 4.86. The lowest BCUT2D eigenvalue weighted by Gasteiger charge is -2.43. The monoisotopic (exact) mass is 279 g/mol. The normalized spacial score (nSPS) is 27.6. The van der Waals surface area contributed by atoms with Gasteiger partial charge in [-0.3, -0.25) is 0 Å². The second-order valence-electron chi connectivity index (χ2n) is 6.29. The molecule has 1 aliphatic carbocycles. The van der Waals surface area contributed by atoms with Gasteiger partial charge < -0.3 is 9.84 Å². The molecular weight excluding hydrogens is 254 g/mol. The molecule has 0 amide bonds. The molecule has 1 N–H and O–H groups in total. The Morgan fingerprint density at radius 3 is 3.00 bits per heavy atom. The van der Waals surface area contributed by atoms with E-state index >= 15 is 0 Å². The Labute approximate surface area is 120 Å². The predicted octanol–water partition coefficient (Wildman–Crippen LogP) is 2.78. The van der Waals surface area contributed by atoms with Gasteiger partial charge >= 0.3 is 0 Å². The van der Waals surface area contributed by atoms with Crippen LogP contribution in [0.4, 0.5) is 0 Å². The van der Waals surface area contributed by atoms with E-state index in [-0.39, 0.29) is 5.60 Å². The van der Waals surface area contributed by atoms with E-state index < -0.39 is 6.10 Å². The number of aliphatic hydroxyl groups excluding tert-OH is 1. The molecule has 1 aromatic heterocycles. The fourth-order valence-electron chi connectivity index (χ4n) is 3.60. The van der Waals surface area contributed by atoms with Gasteiger partial charge in [0.1, 0.15) is 5.69 Å². The highest BCUT2D eigenvalue weighted by Gasteiger charge is 2.39. The summed E-state index contributed by atoms with van der Waals surface area (Å²) in [7, 11) is 0. The van der Waals surface area contributed by atoms with Gasteiger partial charge in [-0.2, -0.15) is 0 Å². The third-order valence-corrected chi connectivity index (χ3v) is 4.86. The Balaban J connectivity index is 1.71. The number of nitrogens with zero attached hydrogens (tertiary/aromatic N) is 3. The second kappa shape index (κ2) is 5.82. The predicted molar refractivity (Wildman–Crippen MR) is 75.3 cm³/mol. The van der Waals surface area contributed by atoms with E-state index in [0.29, 0.717) is 18.2 Å². The van der Waals surface area contributed by atoms with E-state index in [1.165, 1.54) is 32.1 Å². The summed E-state index contributed by atoms with van der Waals surface area (Å²) in [5.74, 6) is 0. The maximum Gasteiger partial charge on any atom is 0.111 e. The maximum atomic E-state index is 9.84. The molecule has 3 rings (SSSR count). The molecule has 0 aromatic carbocycles. The highest BCUT2D eigenvalue weighted by Crippen LogP contribution is 2.42. The molecule has 112 valence electrons. The standard InChI is InChI=1S/C15H25N3O2/c1-2-14(19)13-11-18(17-16-13)12-6-9-20-15(10-12)7-4-3-5-8-15/h11-12,14,19H,2-10H2,1H3. The highest BCUT2D eigenvalue weighted by molar-refractivity contribution is 4.99. The summed E-state index contributed by atoms with van der Waals surface area (Å²) in [6, 6.07) is 0.368. The fourth-order valence-corrected chi connectivity index (χ4v) is 3.60. The first kappa shape index (κ1) is 14.0. The van der Waals surface area contributed by atoms with E-state index in [9.17, 15) is 5.11 Å². The van der Waals surface area contributed by atoms with Crippen molar-refractivity contribution in [1.82, 2.24) is 15.0 Å². The number of rotatable bonds is 3. The molecule has 5 nitrogen and oxygen atoms in total. The van der Waals surface area contributed by atoms with Crippen molar-refractivity contribution in [3.63, 3.8) is 0 Å². The average Bonchev–Trinajstić information content (AvgIpc) is 2.97. The van der Waals surface area contributed by atoms with Crippen LogP contribution in [0.2, 0.25) is 0 Å². The molecule has 2 aliphatic rings. The first-order valence-corrected chi connectivity index (χ1v) is 7.96. The zero-order valence-electron chi connectivity index (χ0n) is 12.3. The molecule has 2 atom stereocenters. The molecule has 2 unspecified atom stereocenters. The van der Waals surface area contributed by atoms with Crippen molar-refractivity contribution in [3.8, 4) is 0 Å². The lowest BCUT2D eigenvalue weighted by atomic mass is 9.78. The molecule has 1 saturated carbocycles. The number of aromatic nitrogens is 3. The van der Waals surface area contributed by atoms with E-state index in [4.69, 9.17) is 4.74 Å². The van der Waals surface area contributed by atoms with Crippen molar-refractivity contribution in [1.29, 1.82) is 0 Å². The maximum absolute atomic E-state index is 9.84. The Bertz CT molecular complexity index is 435. The van der Waals surface area contributed by atoms with Crippen molar-refractivity contribution in [2.75, 3.05) is 6.61 Å². The van der Waals surface area contributed by atoms with Crippen LogP contribution in [0.3, 0.4) is 0 Å². The third kappa shape index (κ3) is 2.74. The van der Waals surface area contributed by atoms with Crippen LogP contribution in [0.15, 0.2) is 6.20 Å². The zero-order valence-corrected chi connectivity index (χ0v) is 12.3. The molecule has 1 saturated heterocycles. The summed E-state index contributed by atoms with van der Waals surface area (Å²) in [5.41, 5.74) is 0.771. The number of hydrogen-bond acceptors (Lipinski definition) is 4. The van der Waals surface area contributed by atoms with E-state index in [1.807, 2.05) is 17.8 Å². The largest absolute Gasteiger partial charge is 0.387 e. The highest BCUT2D eigenvalue weighted by atomic mass is 16.5. The molecule has 2 heterocycles. The summed E-state index contributed by atoms with van der Waals surface area (Å²) in [5, 5.41) is 18.2. The first-order valence-electron chi connectivity index (χ1n) is 7.96. The van der Waals surface area contributed by atoms with Crippen molar-refractivity contribution >= 4 is 0 Å². The minimum absolute atomic E-state index is 0.0800. The van der Waals surface area contributed by atoms with Gasteiger partial charge in [-0.15, -0.1) is 5.10 Å². The fraction of sp³-hybridized carbons (Fsp3) is 0.867. The van der Waals surface area contributed by atoms with Crippen LogP contribution in [0.25, 0.3) is 0 Å². The van der Waals surface area contributed by atoms with Crippen LogP contribution in [0.5, 0.6) is 0 Å². The molecule has 20 heavy (non-hydrogen) atoms. The van der Waals surface area contributed by atoms with Crippen LogP contribution in [-0.2, 0) is 4.74 Å². The molecule has 2 fully saturated rings. The number of aliphatic hydroxyl groups is 1. The quantitative estimate of drug-likeness (QED) is 0.924. The van der Waals surface area contributed by atoms with Gasteiger partial charge in [-0.1, -0.05) is 31.4 Å². The Kier molecular flexibility index (Phi) is 4.08. The molecule has 0 bridgehead atoms. The van der Waals surface area contributed by atoms with Crippen molar-refractivity contribution in [2.45, 2.75) is 76.0 Å². The van der Waals surface area contributed by atoms with Gasteiger partial charge in [0.25, 0.3) is 0 Å². The Morgan fingerprint density at radius 2 is 2.25 bits per heavy atom. The minimum Gasteiger partial charge on any atom is -0.387 e. The number of ether oxygens (including phenoxy) is 1. The molecule has 1 aromatic rings. The van der Waals surface area contributed by atoms with Gasteiger partial charge in [-0.05, 0) is 32.1 Å². The number of hydrogen-bond donors (Lipinski definition) is 1. The van der Waals surface area contributed by atoms with E-state index in [1.54, 1.807) is 0 Å². The SMILES string of the molecule is CCC(O)c1cn(C2CCOC3(CCCCC3)C2)nn1. The van der Waals surface area contributed by atoms with E-state index in [2.05, 4.69) is 10.3 Å². The summed E-state index contributed by atoms with van der Waals surface area (Å²) in [6.07, 6.45) is 10.4. The van der Waals surface area contributed by atoms with Gasteiger partial charge in [0.2, 0.25) is 0 Å². The minimum atomic E-state index is -0.493. The molecule has 1 aliphatic heterocycles. The summed E-state index contributed by atoms with van der Waals surface area (Å²) in [6.45, 7) is 2.77. The molecule has 0 radical (unpaired) electrons. The van der Waals surface area contributed by atoms with Crippen molar-refractivity contribution in [3.05, 3.63) is 11.9 Å². The summed E-state index contributed by atoms with van der Waals surface area (Å²) >= 11 is 0. The topological polar surface area (TPSA) is 60.2 Å². The van der Waals surface area contributed by atoms with Crippen LogP contribution in [0, 0.1) is 0 Å². The molecule has 1 spiro atoms. The van der Waals surface area contributed by atoms with Gasteiger partial charge in [0.15, 0.2) is 0 Å². The first-order chi connectivity index (χ1) is 9.72. The Hall–Kier alpha value is -0.940. The van der Waals surface area contributed by atoms with Crippen LogP contribution < -0.4 is 0 Å². The smallest absolute Gasteiger partial charge is 0.111 e. The van der Waals surface area contributed by atoms with Gasteiger partial charge in [0, 0.05) is 6.61 Å². The average molecular weight is 279 g/mol. The van der Waals surface area contributed by atoms with E-state index in [0.717, 1.165) is 19.4 Å². The van der Waals surface area contributed by atoms with Crippen LogP contribution >= 0.6 is 0 Å². The van der Waals surface area contributed by atoms with Crippen LogP contribution in [0.1, 0.15) is 76.1 Å². The van der Waals surface area contributed by atoms with Gasteiger partial charge in [0.05, 0.1) is 23.9 Å². The summed E-state index contributed by atoms with van der Waals surface area (Å²) < 4.78 is 8.07. The second-order valence-corrected chi connectivity index (χ2v) is 6.29.